The molecule has 1 aliphatic rings. The quantitative estimate of drug-likeness (QED) is 0.462. The van der Waals surface area contributed by atoms with Crippen LogP contribution in [0, 0.1) is 11.3 Å². The van der Waals surface area contributed by atoms with E-state index in [0.717, 1.165) is 13.1 Å². The largest absolute Gasteiger partial charge is 0.322 e. The summed E-state index contributed by atoms with van der Waals surface area (Å²) in [6, 6.07) is 2.10. The Kier molecular flexibility index (Phi) is 2.41. The molecule has 0 bridgehead atoms. The highest BCUT2D eigenvalue weighted by atomic mass is 16.1. The molecule has 3 nitrogen and oxygen atoms in total. The van der Waals surface area contributed by atoms with Gasteiger partial charge in [-0.25, -0.2) is 0 Å². The number of nitrogens with one attached hydrogen (secondary N) is 1. The summed E-state index contributed by atoms with van der Waals surface area (Å²) in [5, 5.41) is 8.33. The number of nitriles is 1. The van der Waals surface area contributed by atoms with Gasteiger partial charge in [0.25, 0.3) is 0 Å². The van der Waals surface area contributed by atoms with Gasteiger partial charge in [0.05, 0.1) is 25.9 Å². The molecular weight excluding hydrogens is 128 g/mol. The summed E-state index contributed by atoms with van der Waals surface area (Å²) in [4.78, 5) is 12.0. The lowest BCUT2D eigenvalue weighted by molar-refractivity contribution is -0.894. The summed E-state index contributed by atoms with van der Waals surface area (Å²) in [5.41, 5.74) is 0. The normalized spacial score (nSPS) is 20.5. The number of likely N-dealkylation sites (tertiary alicyclic amines) is 1. The van der Waals surface area contributed by atoms with Crippen LogP contribution in [0.2, 0.25) is 0 Å². The van der Waals surface area contributed by atoms with Crippen LogP contribution in [0.5, 0.6) is 0 Å². The van der Waals surface area contributed by atoms with Crippen molar-refractivity contribution in [1.82, 2.24) is 0 Å². The molecule has 0 radical (unpaired) electrons. The molecule has 54 valence electrons. The molecule has 0 aromatic rings. The molecule has 10 heavy (non-hydrogen) atoms. The maximum Gasteiger partial charge on any atom is 0.165 e. The summed E-state index contributed by atoms with van der Waals surface area (Å²) in [6.07, 6.45) is 1.33. The maximum atomic E-state index is 10.7. The van der Waals surface area contributed by atoms with E-state index in [9.17, 15) is 4.79 Å². The predicted molar refractivity (Wildman–Crippen MR) is 35.4 cm³/mol. The highest BCUT2D eigenvalue weighted by Crippen LogP contribution is 1.88. The van der Waals surface area contributed by atoms with Crippen LogP contribution in [-0.2, 0) is 4.79 Å². The third-order valence-corrected chi connectivity index (χ3v) is 1.84. The topological polar surface area (TPSA) is 45.3 Å². The van der Waals surface area contributed by atoms with E-state index in [1.54, 1.807) is 0 Å². The van der Waals surface area contributed by atoms with Gasteiger partial charge in [-0.05, 0) is 0 Å². The fourth-order valence-electron chi connectivity index (χ4n) is 1.17. The van der Waals surface area contributed by atoms with E-state index in [1.807, 2.05) is 0 Å². The molecular formula is C7H11N2O+. The summed E-state index contributed by atoms with van der Waals surface area (Å²) < 4.78 is 0. The van der Waals surface area contributed by atoms with Gasteiger partial charge in [0, 0.05) is 0 Å². The fraction of sp³-hybridized carbons (Fsp3) is 0.714. The molecule has 0 aliphatic carbocycles. The van der Waals surface area contributed by atoms with Crippen LogP contribution in [0.1, 0.15) is 12.8 Å². The minimum atomic E-state index is 0.349. The smallest absolute Gasteiger partial charge is 0.165 e. The van der Waals surface area contributed by atoms with Gasteiger partial charge in [0.2, 0.25) is 0 Å². The summed E-state index contributed by atoms with van der Waals surface area (Å²) in [5.74, 6) is 0.349. The molecule has 1 N–H and O–H groups in total. The first-order chi connectivity index (χ1) is 4.83. The van der Waals surface area contributed by atoms with Crippen LogP contribution in [0.25, 0.3) is 0 Å². The Labute approximate surface area is 60.2 Å². The second kappa shape index (κ2) is 3.33. The van der Waals surface area contributed by atoms with Crippen LogP contribution in [-0.4, -0.2) is 25.4 Å². The van der Waals surface area contributed by atoms with E-state index >= 15 is 0 Å². The Morgan fingerprint density at radius 3 is 2.60 bits per heavy atom. The van der Waals surface area contributed by atoms with Crippen molar-refractivity contribution < 1.29 is 9.69 Å². The van der Waals surface area contributed by atoms with Crippen LogP contribution < -0.4 is 4.90 Å². The molecule has 3 heteroatoms. The minimum Gasteiger partial charge on any atom is -0.322 e. The standard InChI is InChI=1S/C7H10N2O/c8-3-6-9-4-1-7(10)2-5-9/h1-2,4-6H2/p+1. The van der Waals surface area contributed by atoms with Gasteiger partial charge in [-0.15, -0.1) is 0 Å². The van der Waals surface area contributed by atoms with Gasteiger partial charge in [-0.2, -0.15) is 5.26 Å². The Hall–Kier alpha value is -0.880. The van der Waals surface area contributed by atoms with Crippen molar-refractivity contribution in [3.8, 4) is 6.07 Å². The molecule has 0 unspecified atom stereocenters. The van der Waals surface area contributed by atoms with Gasteiger partial charge in [-0.3, -0.25) is 4.79 Å². The SMILES string of the molecule is N#CC[NH+]1CCC(=O)CC1. The van der Waals surface area contributed by atoms with E-state index < -0.39 is 0 Å². The zero-order chi connectivity index (χ0) is 7.40. The number of ketones is 1. The van der Waals surface area contributed by atoms with Gasteiger partial charge >= 0.3 is 0 Å². The van der Waals surface area contributed by atoms with E-state index in [4.69, 9.17) is 5.26 Å². The Morgan fingerprint density at radius 2 is 2.10 bits per heavy atom. The number of piperidine rings is 1. The number of Topliss-reactive ketones (excluding diaryl/α,β-unsaturated/α-hetero) is 1. The van der Waals surface area contributed by atoms with Crippen molar-refractivity contribution in [2.45, 2.75) is 12.8 Å². The third-order valence-electron chi connectivity index (χ3n) is 1.84. The molecule has 0 spiro atoms. The Balaban J connectivity index is 2.27. The molecule has 0 aromatic heterocycles. The van der Waals surface area contributed by atoms with E-state index in [2.05, 4.69) is 6.07 Å². The Morgan fingerprint density at radius 1 is 1.50 bits per heavy atom. The lowest BCUT2D eigenvalue weighted by Gasteiger charge is -2.19. The molecule has 1 rings (SSSR count). The highest BCUT2D eigenvalue weighted by Gasteiger charge is 2.17. The van der Waals surface area contributed by atoms with E-state index in [0.29, 0.717) is 25.2 Å². The average molecular weight is 139 g/mol. The van der Waals surface area contributed by atoms with Crippen LogP contribution in [0.15, 0.2) is 0 Å². The molecule has 1 fully saturated rings. The number of nitrogens with zero attached hydrogens (tertiary/aromatic N) is 1. The van der Waals surface area contributed by atoms with Crippen molar-refractivity contribution in [1.29, 1.82) is 5.26 Å². The number of hydrogen-bond donors (Lipinski definition) is 1. The summed E-state index contributed by atoms with van der Waals surface area (Å²) in [7, 11) is 0. The second-order valence-electron chi connectivity index (χ2n) is 2.62. The van der Waals surface area contributed by atoms with Crippen LogP contribution in [0.3, 0.4) is 0 Å². The van der Waals surface area contributed by atoms with Crippen molar-refractivity contribution in [2.24, 2.45) is 0 Å². The number of carbonyl (C=O) groups excluding carboxylic acids is 1. The molecule has 1 aliphatic heterocycles. The summed E-state index contributed by atoms with van der Waals surface area (Å²) >= 11 is 0. The van der Waals surface area contributed by atoms with E-state index in [1.165, 1.54) is 4.90 Å². The Bertz CT molecular complexity index is 161. The van der Waals surface area contributed by atoms with Gasteiger partial charge in [-0.1, -0.05) is 0 Å². The van der Waals surface area contributed by atoms with Gasteiger partial charge in [0.1, 0.15) is 11.9 Å². The predicted octanol–water partition coefficient (Wildman–Crippen LogP) is -1.24. The van der Waals surface area contributed by atoms with Crippen LogP contribution in [0.4, 0.5) is 0 Å². The lowest BCUT2D eigenvalue weighted by Crippen LogP contribution is -3.13. The average Bonchev–Trinajstić information content (AvgIpc) is 1.95. The highest BCUT2D eigenvalue weighted by molar-refractivity contribution is 5.78. The fourth-order valence-corrected chi connectivity index (χ4v) is 1.17. The molecule has 1 heterocycles. The second-order valence-corrected chi connectivity index (χ2v) is 2.62. The first-order valence-corrected chi connectivity index (χ1v) is 3.55. The number of hydrogen-bond acceptors (Lipinski definition) is 2. The number of quaternary nitrogens is 1. The van der Waals surface area contributed by atoms with Crippen molar-refractivity contribution >= 4 is 5.78 Å². The molecule has 1 saturated heterocycles. The lowest BCUT2D eigenvalue weighted by atomic mass is 10.1. The number of rotatable bonds is 1. The van der Waals surface area contributed by atoms with Crippen LogP contribution >= 0.6 is 0 Å². The minimum absolute atomic E-state index is 0.349. The maximum absolute atomic E-state index is 10.7. The zero-order valence-corrected chi connectivity index (χ0v) is 5.89. The van der Waals surface area contributed by atoms with Gasteiger partial charge < -0.3 is 4.90 Å². The monoisotopic (exact) mass is 139 g/mol. The van der Waals surface area contributed by atoms with Crippen molar-refractivity contribution in [3.63, 3.8) is 0 Å². The summed E-state index contributed by atoms with van der Waals surface area (Å²) in [6.45, 7) is 2.26. The van der Waals surface area contributed by atoms with E-state index in [-0.39, 0.29) is 0 Å². The number of carbonyl (C=O) groups is 1. The molecule has 0 atom stereocenters. The van der Waals surface area contributed by atoms with Gasteiger partial charge in [0.15, 0.2) is 6.54 Å². The first kappa shape index (κ1) is 7.23. The molecule has 0 amide bonds. The third kappa shape index (κ3) is 1.82. The van der Waals surface area contributed by atoms with Crippen molar-refractivity contribution in [3.05, 3.63) is 0 Å². The molecule has 0 aromatic carbocycles. The molecule has 0 saturated carbocycles. The first-order valence-electron chi connectivity index (χ1n) is 3.55. The zero-order valence-electron chi connectivity index (χ0n) is 5.89. The van der Waals surface area contributed by atoms with Crippen molar-refractivity contribution in [2.75, 3.05) is 19.6 Å².